The molecule has 3 amide bonds. The number of esters is 1. The quantitative estimate of drug-likeness (QED) is 0.0948. The van der Waals surface area contributed by atoms with Gasteiger partial charge in [0.15, 0.2) is 30.1 Å². The Bertz CT molecular complexity index is 2320. The normalized spacial score (nSPS) is 27.6. The largest absolute Gasteiger partial charge is 0.461 e. The molecule has 392 valence electrons. The van der Waals surface area contributed by atoms with Crippen molar-refractivity contribution >= 4 is 23.9 Å². The average molecular weight is 999 g/mol. The molecule has 3 aromatic rings. The number of rotatable bonds is 19. The number of pyridine rings is 1. The van der Waals surface area contributed by atoms with Crippen LogP contribution in [0, 0.1) is 5.92 Å². The fourth-order valence-corrected chi connectivity index (χ4v) is 10.4. The summed E-state index contributed by atoms with van der Waals surface area (Å²) in [5.41, 5.74) is 3.33. The van der Waals surface area contributed by atoms with Gasteiger partial charge in [-0.2, -0.15) is 0 Å². The molecule has 5 aliphatic rings. The zero-order valence-corrected chi connectivity index (χ0v) is 42.8. The zero-order chi connectivity index (χ0) is 51.2. The number of unbranched alkanes of at least 4 members (excludes halogenated alkanes) is 1. The van der Waals surface area contributed by atoms with Crippen molar-refractivity contribution in [2.75, 3.05) is 39.3 Å². The first-order valence-corrected chi connectivity index (χ1v) is 25.5. The van der Waals surface area contributed by atoms with Crippen molar-refractivity contribution in [2.45, 2.75) is 166 Å². The van der Waals surface area contributed by atoms with Crippen molar-refractivity contribution in [3.63, 3.8) is 0 Å². The van der Waals surface area contributed by atoms with Gasteiger partial charge in [-0.05, 0) is 102 Å². The van der Waals surface area contributed by atoms with Gasteiger partial charge in [0.2, 0.25) is 11.8 Å². The van der Waals surface area contributed by atoms with Crippen molar-refractivity contribution < 1.29 is 57.4 Å². The van der Waals surface area contributed by atoms with Gasteiger partial charge in [-0.25, -0.2) is 4.79 Å². The van der Waals surface area contributed by atoms with E-state index in [-0.39, 0.29) is 44.4 Å². The molecule has 8 rings (SSSR count). The number of ether oxygens (including phenoxy) is 7. The molecule has 4 N–H and O–H groups in total. The molecule has 1 aromatic heterocycles. The van der Waals surface area contributed by atoms with Crippen molar-refractivity contribution in [1.82, 2.24) is 30.7 Å². The smallest absolute Gasteiger partial charge is 0.407 e. The van der Waals surface area contributed by atoms with E-state index in [0.29, 0.717) is 51.9 Å². The minimum atomic E-state index is -0.933. The number of fused-ring (bicyclic) bond motifs is 2. The molecular weight excluding hydrogens is 925 g/mol. The van der Waals surface area contributed by atoms with E-state index < -0.39 is 90.1 Å². The number of alkyl carbamates (subject to hydrolysis) is 1. The van der Waals surface area contributed by atoms with E-state index >= 15 is 0 Å². The Morgan fingerprint density at radius 1 is 0.903 bits per heavy atom. The molecule has 18 heteroatoms. The third-order valence-electron chi connectivity index (χ3n) is 13.7. The molecule has 0 spiro atoms. The fraction of sp³-hybridized carbons (Fsp3) is 0.611. The van der Waals surface area contributed by atoms with Crippen LogP contribution in [0.3, 0.4) is 0 Å². The van der Waals surface area contributed by atoms with E-state index in [1.165, 1.54) is 0 Å². The van der Waals surface area contributed by atoms with Crippen LogP contribution in [0.2, 0.25) is 0 Å². The number of amides is 3. The average Bonchev–Trinajstić information content (AvgIpc) is 4.04. The number of carbonyl (C=O) groups is 4. The maximum absolute atomic E-state index is 14.6. The molecule has 2 aromatic carbocycles. The van der Waals surface area contributed by atoms with Crippen LogP contribution in [-0.2, 0) is 66.9 Å². The molecule has 4 fully saturated rings. The van der Waals surface area contributed by atoms with Crippen molar-refractivity contribution in [3.8, 4) is 0 Å². The van der Waals surface area contributed by atoms with Crippen LogP contribution < -0.4 is 16.0 Å². The van der Waals surface area contributed by atoms with Crippen molar-refractivity contribution in [2.24, 2.45) is 5.92 Å². The summed E-state index contributed by atoms with van der Waals surface area (Å²) in [6, 6.07) is 20.1. The number of carbonyl (C=O) groups excluding carboxylic acids is 4. The summed E-state index contributed by atoms with van der Waals surface area (Å²) < 4.78 is 42.3. The second-order valence-corrected chi connectivity index (χ2v) is 21.7. The van der Waals surface area contributed by atoms with Gasteiger partial charge >= 0.3 is 12.1 Å². The molecule has 4 aliphatic heterocycles. The first-order chi connectivity index (χ1) is 34.3. The second-order valence-electron chi connectivity index (χ2n) is 21.7. The van der Waals surface area contributed by atoms with E-state index in [1.807, 2.05) is 93.7 Å². The number of aliphatic hydroxyl groups excluding tert-OH is 1. The third-order valence-corrected chi connectivity index (χ3v) is 13.7. The Kier molecular flexibility index (Phi) is 17.0. The lowest BCUT2D eigenvalue weighted by Crippen LogP contribution is -2.62. The Balaban J connectivity index is 0.942. The van der Waals surface area contributed by atoms with Crippen LogP contribution in [0.4, 0.5) is 4.79 Å². The van der Waals surface area contributed by atoms with Gasteiger partial charge in [0.05, 0.1) is 18.8 Å². The topological polar surface area (TPSA) is 209 Å². The summed E-state index contributed by atoms with van der Waals surface area (Å²) in [6.07, 6.45) is -0.358. The summed E-state index contributed by atoms with van der Waals surface area (Å²) in [5, 5.41) is 20.3. The Labute approximate surface area is 423 Å². The maximum Gasteiger partial charge on any atom is 0.407 e. The van der Waals surface area contributed by atoms with Gasteiger partial charge in [0.25, 0.3) is 0 Å². The minimum Gasteiger partial charge on any atom is -0.461 e. The first-order valence-electron chi connectivity index (χ1n) is 25.5. The van der Waals surface area contributed by atoms with E-state index in [9.17, 15) is 24.3 Å². The van der Waals surface area contributed by atoms with Crippen LogP contribution >= 0.6 is 0 Å². The lowest BCUT2D eigenvalue weighted by molar-refractivity contribution is -0.232. The molecule has 0 bridgehead atoms. The highest BCUT2D eigenvalue weighted by Gasteiger charge is 2.60. The molecule has 4 saturated heterocycles. The van der Waals surface area contributed by atoms with Gasteiger partial charge in [-0.3, -0.25) is 29.2 Å². The summed E-state index contributed by atoms with van der Waals surface area (Å²) in [4.78, 5) is 64.6. The standard InChI is InChI=1S/C54H74N6O12/c1-52(2,3)58-49(64)40-32-59(30-35-18-15-22-55-29-35)24-25-60(40)31-38(27-37(26-34-16-9-8-10-17-34)48(63)57-44-39-20-12-11-19-36(39)28-41(44)61)67-43(62)21-13-14-23-56-51(65)69-46-45(42-33-66-53(4,5)70-42)68-50-47(46)71-54(6,7)72-50/h8-12,15-20,22,29,37-38,40-42,44-47,50,61H,13-14,21,23-28,30-33H2,1-7H3,(H,56,65)(H,57,63)(H,58,64)/t37-,38+,40+,41-,42?,44+,45-,46+,47+,50?/m1/s1. The number of aliphatic hydroxyl groups is 1. The Hall–Kier alpha value is -5.05. The molecule has 2 unspecified atom stereocenters. The second kappa shape index (κ2) is 23.0. The Morgan fingerprint density at radius 2 is 1.67 bits per heavy atom. The molecule has 1 aliphatic carbocycles. The van der Waals surface area contributed by atoms with Crippen LogP contribution in [0.5, 0.6) is 0 Å². The van der Waals surface area contributed by atoms with Gasteiger partial charge in [-0.1, -0.05) is 60.7 Å². The number of nitrogens with one attached hydrogen (secondary N) is 3. The van der Waals surface area contributed by atoms with Crippen LogP contribution in [0.25, 0.3) is 0 Å². The molecule has 0 saturated carbocycles. The van der Waals surface area contributed by atoms with E-state index in [1.54, 1.807) is 33.9 Å². The fourth-order valence-electron chi connectivity index (χ4n) is 10.4. The minimum absolute atomic E-state index is 0.0397. The van der Waals surface area contributed by atoms with Crippen LogP contribution in [0.15, 0.2) is 79.1 Å². The number of hydrogen-bond donors (Lipinski definition) is 4. The van der Waals surface area contributed by atoms with Gasteiger partial charge < -0.3 is 54.2 Å². The monoisotopic (exact) mass is 999 g/mol. The van der Waals surface area contributed by atoms with Gasteiger partial charge in [0, 0.05) is 76.0 Å². The zero-order valence-electron chi connectivity index (χ0n) is 42.8. The maximum atomic E-state index is 14.6. The van der Waals surface area contributed by atoms with Crippen molar-refractivity contribution in [3.05, 3.63) is 101 Å². The number of benzene rings is 2. The summed E-state index contributed by atoms with van der Waals surface area (Å²) in [5.74, 6) is -3.30. The molecular formula is C54H74N6O12. The molecule has 10 atom stereocenters. The highest BCUT2D eigenvalue weighted by Crippen LogP contribution is 2.42. The summed E-state index contributed by atoms with van der Waals surface area (Å²) in [7, 11) is 0. The number of hydrogen-bond acceptors (Lipinski definition) is 15. The predicted molar refractivity (Wildman–Crippen MR) is 264 cm³/mol. The van der Waals surface area contributed by atoms with Crippen LogP contribution in [-0.4, -0.2) is 149 Å². The lowest BCUT2D eigenvalue weighted by Gasteiger charge is -2.42. The number of piperazine rings is 1. The van der Waals surface area contributed by atoms with Crippen molar-refractivity contribution in [1.29, 1.82) is 0 Å². The molecule has 0 radical (unpaired) electrons. The van der Waals surface area contributed by atoms with E-state index in [4.69, 9.17) is 33.2 Å². The first kappa shape index (κ1) is 53.2. The lowest BCUT2D eigenvalue weighted by atomic mass is 9.91. The van der Waals surface area contributed by atoms with E-state index in [2.05, 4.69) is 30.7 Å². The molecule has 5 heterocycles. The molecule has 72 heavy (non-hydrogen) atoms. The predicted octanol–water partition coefficient (Wildman–Crippen LogP) is 4.71. The number of nitrogens with zero attached hydrogens (tertiary/aromatic N) is 3. The van der Waals surface area contributed by atoms with Crippen LogP contribution in [0.1, 0.15) is 102 Å². The third kappa shape index (κ3) is 14.2. The highest BCUT2D eigenvalue weighted by atomic mass is 16.9. The highest BCUT2D eigenvalue weighted by molar-refractivity contribution is 5.83. The number of aromatic nitrogens is 1. The van der Waals surface area contributed by atoms with Gasteiger partial charge in [-0.15, -0.1) is 0 Å². The SMILES string of the molecule is CC(C)(C)NC(=O)[C@@H]1CN(Cc2cccnc2)CCN1C[C@H](C[C@@H](Cc1ccccc1)C(=O)N[C@H]1c2ccccc2C[C@H]1O)OC(=O)CCCCNC(=O)O[C@H]1[C@@H](C2COC(C)(C)O2)OC2OC(C)(C)O[C@H]21. The Morgan fingerprint density at radius 3 is 2.40 bits per heavy atom. The summed E-state index contributed by atoms with van der Waals surface area (Å²) in [6.45, 7) is 15.8. The molecule has 18 nitrogen and oxygen atoms in total. The summed E-state index contributed by atoms with van der Waals surface area (Å²) >= 11 is 0. The van der Waals surface area contributed by atoms with Gasteiger partial charge in [0.1, 0.15) is 24.4 Å². The van der Waals surface area contributed by atoms with E-state index in [0.717, 1.165) is 22.3 Å².